The molecular weight excluding hydrogens is 182 g/mol. The van der Waals surface area contributed by atoms with Gasteiger partial charge in [0.1, 0.15) is 5.66 Å². The zero-order chi connectivity index (χ0) is 11.1. The fourth-order valence-corrected chi connectivity index (χ4v) is 1.93. The lowest BCUT2D eigenvalue weighted by Crippen LogP contribution is -2.49. The van der Waals surface area contributed by atoms with E-state index in [4.69, 9.17) is 0 Å². The summed E-state index contributed by atoms with van der Waals surface area (Å²) < 4.78 is 0. The molecule has 0 unspecified atom stereocenters. The lowest BCUT2D eigenvalue weighted by atomic mass is 10.0. The summed E-state index contributed by atoms with van der Waals surface area (Å²) in [7, 11) is 1.83. The molecule has 1 aliphatic rings. The predicted molar refractivity (Wildman–Crippen MR) is 53.4 cm³/mol. The minimum atomic E-state index is -0.591. The summed E-state index contributed by atoms with van der Waals surface area (Å²) in [6.07, 6.45) is 1.25. The number of nitrogens with zero attached hydrogens (tertiary/aromatic N) is 3. The molecule has 1 N–H and O–H groups in total. The molecule has 1 aliphatic heterocycles. The summed E-state index contributed by atoms with van der Waals surface area (Å²) in [5.74, 6) is 0. The van der Waals surface area contributed by atoms with Crippen molar-refractivity contribution in [3.63, 3.8) is 0 Å². The average molecular weight is 199 g/mol. The Bertz CT molecular complexity index is 284. The third-order valence-corrected chi connectivity index (χ3v) is 3.03. The fraction of sp³-hybridized carbons (Fsp3) is 0.778. The molecule has 0 aromatic carbocycles. The molecule has 5 nitrogen and oxygen atoms in total. The van der Waals surface area contributed by atoms with Crippen molar-refractivity contribution in [2.24, 2.45) is 5.18 Å². The second kappa shape index (κ2) is 3.03. The van der Waals surface area contributed by atoms with Crippen molar-refractivity contribution < 1.29 is 5.21 Å². The highest BCUT2D eigenvalue weighted by molar-refractivity contribution is 5.23. The summed E-state index contributed by atoms with van der Waals surface area (Å²) >= 11 is 0. The largest absolute Gasteiger partial charge is 0.355 e. The first-order valence-electron chi connectivity index (χ1n) is 4.52. The third kappa shape index (κ3) is 1.24. The minimum absolute atomic E-state index is 0.528. The zero-order valence-electron chi connectivity index (χ0n) is 9.27. The number of hydrogen-bond acceptors (Lipinski definition) is 5. The van der Waals surface area contributed by atoms with Gasteiger partial charge in [0.05, 0.1) is 17.4 Å². The van der Waals surface area contributed by atoms with Crippen molar-refractivity contribution in [2.75, 3.05) is 7.05 Å². The van der Waals surface area contributed by atoms with Crippen molar-refractivity contribution in [1.29, 1.82) is 0 Å². The predicted octanol–water partition coefficient (Wildman–Crippen LogP) is 1.75. The molecule has 0 aliphatic carbocycles. The second-order valence-corrected chi connectivity index (χ2v) is 4.54. The molecule has 1 rings (SSSR count). The molecule has 5 heteroatoms. The van der Waals surface area contributed by atoms with E-state index in [1.165, 1.54) is 11.3 Å². The highest BCUT2D eigenvalue weighted by Crippen LogP contribution is 2.41. The highest BCUT2D eigenvalue weighted by atomic mass is 16.5. The van der Waals surface area contributed by atoms with Gasteiger partial charge in [0.15, 0.2) is 0 Å². The Morgan fingerprint density at radius 1 is 1.36 bits per heavy atom. The number of hydrogen-bond donors (Lipinski definition) is 1. The molecule has 0 amide bonds. The molecule has 0 aromatic rings. The molecule has 1 heterocycles. The van der Waals surface area contributed by atoms with Crippen LogP contribution in [0, 0.1) is 4.91 Å². The molecular formula is C9H17N3O2. The number of hydroxylamine groups is 2. The topological polar surface area (TPSA) is 56.1 Å². The van der Waals surface area contributed by atoms with Crippen molar-refractivity contribution in [2.45, 2.75) is 38.9 Å². The van der Waals surface area contributed by atoms with E-state index in [-0.39, 0.29) is 0 Å². The van der Waals surface area contributed by atoms with E-state index in [9.17, 15) is 10.1 Å². The molecule has 0 spiro atoms. The SMILES string of the molecule is CN1/C(=C\N=O)C(C)(C)N(O)C1(C)C. The van der Waals surface area contributed by atoms with Gasteiger partial charge in [-0.15, -0.1) is 4.91 Å². The van der Waals surface area contributed by atoms with Crippen LogP contribution in [0.5, 0.6) is 0 Å². The van der Waals surface area contributed by atoms with Gasteiger partial charge >= 0.3 is 0 Å². The fourth-order valence-electron chi connectivity index (χ4n) is 1.93. The minimum Gasteiger partial charge on any atom is -0.355 e. The molecule has 14 heavy (non-hydrogen) atoms. The average Bonchev–Trinajstić information content (AvgIpc) is 2.19. The molecule has 1 saturated heterocycles. The van der Waals surface area contributed by atoms with E-state index in [0.29, 0.717) is 5.70 Å². The van der Waals surface area contributed by atoms with Gasteiger partial charge in [0.2, 0.25) is 0 Å². The summed E-state index contributed by atoms with van der Waals surface area (Å²) in [4.78, 5) is 12.1. The Morgan fingerprint density at radius 2 is 1.86 bits per heavy atom. The summed E-state index contributed by atoms with van der Waals surface area (Å²) in [5.41, 5.74) is -0.411. The molecule has 80 valence electrons. The van der Waals surface area contributed by atoms with Gasteiger partial charge in [-0.25, -0.2) is 0 Å². The van der Waals surface area contributed by atoms with E-state index >= 15 is 0 Å². The van der Waals surface area contributed by atoms with Gasteiger partial charge < -0.3 is 10.1 Å². The summed E-state index contributed by atoms with van der Waals surface area (Å²) in [6, 6.07) is 0. The van der Waals surface area contributed by atoms with E-state index in [1.807, 2.05) is 39.6 Å². The van der Waals surface area contributed by atoms with Gasteiger partial charge in [-0.2, -0.15) is 5.06 Å². The number of nitroso groups, excluding NO2 is 1. The van der Waals surface area contributed by atoms with E-state index < -0.39 is 11.2 Å². The summed E-state index contributed by atoms with van der Waals surface area (Å²) in [6.45, 7) is 7.44. The standard InChI is InChI=1S/C9H17N3O2/c1-8(2)7(6-10-13)11(5)9(3,4)12(8)14/h6,14H,1-5H3/b7-6-. The van der Waals surface area contributed by atoms with Crippen molar-refractivity contribution in [3.8, 4) is 0 Å². The van der Waals surface area contributed by atoms with Crippen LogP contribution in [0.2, 0.25) is 0 Å². The maximum atomic E-state index is 10.3. The molecule has 0 atom stereocenters. The van der Waals surface area contributed by atoms with Crippen LogP contribution in [0.3, 0.4) is 0 Å². The Morgan fingerprint density at radius 3 is 2.14 bits per heavy atom. The molecule has 1 fully saturated rings. The Hall–Kier alpha value is -0.940. The maximum Gasteiger partial charge on any atom is 0.111 e. The smallest absolute Gasteiger partial charge is 0.111 e. The first kappa shape index (κ1) is 11.1. The zero-order valence-corrected chi connectivity index (χ0v) is 9.27. The highest BCUT2D eigenvalue weighted by Gasteiger charge is 2.51. The molecule has 0 saturated carbocycles. The monoisotopic (exact) mass is 199 g/mol. The molecule has 0 radical (unpaired) electrons. The maximum absolute atomic E-state index is 10.3. The lowest BCUT2D eigenvalue weighted by Gasteiger charge is -2.34. The van der Waals surface area contributed by atoms with Gasteiger partial charge in [0.25, 0.3) is 0 Å². The van der Waals surface area contributed by atoms with E-state index in [2.05, 4.69) is 5.18 Å². The van der Waals surface area contributed by atoms with Crippen molar-refractivity contribution >= 4 is 0 Å². The third-order valence-electron chi connectivity index (χ3n) is 3.03. The Balaban J connectivity index is 3.23. The summed E-state index contributed by atoms with van der Waals surface area (Å²) in [5, 5.41) is 14.0. The molecule has 0 bridgehead atoms. The van der Waals surface area contributed by atoms with Gasteiger partial charge in [0, 0.05) is 7.05 Å². The van der Waals surface area contributed by atoms with Crippen LogP contribution < -0.4 is 0 Å². The van der Waals surface area contributed by atoms with Crippen LogP contribution in [0.1, 0.15) is 27.7 Å². The van der Waals surface area contributed by atoms with Gasteiger partial charge in [-0.05, 0) is 32.9 Å². The van der Waals surface area contributed by atoms with Gasteiger partial charge in [-0.1, -0.05) is 0 Å². The van der Waals surface area contributed by atoms with E-state index in [0.717, 1.165) is 0 Å². The van der Waals surface area contributed by atoms with Crippen molar-refractivity contribution in [3.05, 3.63) is 16.8 Å². The number of rotatable bonds is 1. The van der Waals surface area contributed by atoms with E-state index in [1.54, 1.807) is 0 Å². The molecule has 0 aromatic heterocycles. The lowest BCUT2D eigenvalue weighted by molar-refractivity contribution is -0.207. The van der Waals surface area contributed by atoms with Crippen LogP contribution in [-0.4, -0.2) is 33.4 Å². The Kier molecular flexibility index (Phi) is 2.41. The first-order chi connectivity index (χ1) is 6.26. The quantitative estimate of drug-likeness (QED) is 0.653. The van der Waals surface area contributed by atoms with Crippen LogP contribution in [0.15, 0.2) is 17.1 Å². The van der Waals surface area contributed by atoms with Crippen LogP contribution >= 0.6 is 0 Å². The normalized spacial score (nSPS) is 28.4. The first-order valence-corrected chi connectivity index (χ1v) is 4.52. The van der Waals surface area contributed by atoms with Crippen LogP contribution in [-0.2, 0) is 0 Å². The van der Waals surface area contributed by atoms with Crippen molar-refractivity contribution in [1.82, 2.24) is 9.96 Å². The number of likely N-dealkylation sites (N-methyl/N-ethyl adjacent to an activating group) is 1. The Labute approximate surface area is 83.9 Å². The van der Waals surface area contributed by atoms with Crippen LogP contribution in [0.25, 0.3) is 0 Å². The second-order valence-electron chi connectivity index (χ2n) is 4.54. The van der Waals surface area contributed by atoms with Gasteiger partial charge in [-0.3, -0.25) is 0 Å². The van der Waals surface area contributed by atoms with Crippen LogP contribution in [0.4, 0.5) is 0 Å².